The summed E-state index contributed by atoms with van der Waals surface area (Å²) in [5.74, 6) is 0.780. The highest BCUT2D eigenvalue weighted by Crippen LogP contribution is 2.21. The van der Waals surface area contributed by atoms with Crippen LogP contribution in [0.25, 0.3) is 0 Å². The first-order valence-electron chi connectivity index (χ1n) is 8.24. The fraction of sp³-hybridized carbons (Fsp3) is 1.00. The number of nitrogens with zero attached hydrogens (tertiary/aromatic N) is 1. The first kappa shape index (κ1) is 15.3. The maximum Gasteiger partial charge on any atom is 0.0597 e. The van der Waals surface area contributed by atoms with Crippen LogP contribution < -0.4 is 5.32 Å². The van der Waals surface area contributed by atoms with Crippen LogP contribution in [-0.2, 0) is 4.74 Å². The van der Waals surface area contributed by atoms with Gasteiger partial charge in [0, 0.05) is 31.7 Å². The maximum atomic E-state index is 6.01. The van der Waals surface area contributed by atoms with Gasteiger partial charge in [0.1, 0.15) is 0 Å². The third kappa shape index (κ3) is 5.05. The van der Waals surface area contributed by atoms with E-state index in [1.54, 1.807) is 0 Å². The quantitative estimate of drug-likeness (QED) is 0.801. The second-order valence-corrected chi connectivity index (χ2v) is 6.86. The van der Waals surface area contributed by atoms with E-state index in [4.69, 9.17) is 4.74 Å². The molecule has 2 unspecified atom stereocenters. The first-order valence-corrected chi connectivity index (χ1v) is 8.24. The van der Waals surface area contributed by atoms with Crippen molar-refractivity contribution in [3.63, 3.8) is 0 Å². The third-order valence-corrected chi connectivity index (χ3v) is 4.57. The molecule has 0 radical (unpaired) electrons. The van der Waals surface area contributed by atoms with Gasteiger partial charge in [-0.1, -0.05) is 26.7 Å². The standard InChI is InChI=1S/C16H32N2O/c1-13(2)10-15-12-18(14(3)11-17-15)8-9-19-16-6-4-5-7-16/h13-17H,4-12H2,1-3H3. The Morgan fingerprint density at radius 3 is 2.68 bits per heavy atom. The van der Waals surface area contributed by atoms with Gasteiger partial charge in [-0.25, -0.2) is 0 Å². The van der Waals surface area contributed by atoms with E-state index in [0.717, 1.165) is 25.6 Å². The minimum absolute atomic E-state index is 0.560. The fourth-order valence-electron chi connectivity index (χ4n) is 3.42. The topological polar surface area (TPSA) is 24.5 Å². The molecule has 1 saturated heterocycles. The molecule has 19 heavy (non-hydrogen) atoms. The molecular formula is C16H32N2O. The Morgan fingerprint density at radius 1 is 1.26 bits per heavy atom. The summed E-state index contributed by atoms with van der Waals surface area (Å²) >= 11 is 0. The molecule has 1 aliphatic heterocycles. The second-order valence-electron chi connectivity index (χ2n) is 6.86. The van der Waals surface area contributed by atoms with E-state index in [1.807, 2.05) is 0 Å². The zero-order chi connectivity index (χ0) is 13.7. The van der Waals surface area contributed by atoms with Gasteiger partial charge in [0.05, 0.1) is 12.7 Å². The van der Waals surface area contributed by atoms with Gasteiger partial charge in [0.15, 0.2) is 0 Å². The predicted molar refractivity (Wildman–Crippen MR) is 80.5 cm³/mol. The van der Waals surface area contributed by atoms with E-state index in [-0.39, 0.29) is 0 Å². The lowest BCUT2D eigenvalue weighted by Crippen LogP contribution is -2.56. The molecule has 2 rings (SSSR count). The molecule has 0 amide bonds. The Hall–Kier alpha value is -0.120. The van der Waals surface area contributed by atoms with Gasteiger partial charge in [-0.05, 0) is 32.1 Å². The zero-order valence-corrected chi connectivity index (χ0v) is 13.0. The number of nitrogens with one attached hydrogen (secondary N) is 1. The lowest BCUT2D eigenvalue weighted by molar-refractivity contribution is 0.0253. The fourth-order valence-corrected chi connectivity index (χ4v) is 3.42. The van der Waals surface area contributed by atoms with Crippen molar-refractivity contribution in [3.05, 3.63) is 0 Å². The molecule has 0 bridgehead atoms. The lowest BCUT2D eigenvalue weighted by Gasteiger charge is -2.39. The Morgan fingerprint density at radius 2 is 2.00 bits per heavy atom. The van der Waals surface area contributed by atoms with E-state index < -0.39 is 0 Å². The van der Waals surface area contributed by atoms with E-state index in [9.17, 15) is 0 Å². The van der Waals surface area contributed by atoms with Crippen molar-refractivity contribution in [2.75, 3.05) is 26.2 Å². The second kappa shape index (κ2) is 7.61. The summed E-state index contributed by atoms with van der Waals surface area (Å²) in [5, 5.41) is 3.68. The van der Waals surface area contributed by atoms with Gasteiger partial charge in [-0.15, -0.1) is 0 Å². The smallest absolute Gasteiger partial charge is 0.0597 e. The van der Waals surface area contributed by atoms with E-state index in [1.165, 1.54) is 38.6 Å². The minimum Gasteiger partial charge on any atom is -0.377 e. The van der Waals surface area contributed by atoms with Crippen molar-refractivity contribution in [2.24, 2.45) is 5.92 Å². The summed E-state index contributed by atoms with van der Waals surface area (Å²) in [6.07, 6.45) is 7.15. The highest BCUT2D eigenvalue weighted by molar-refractivity contribution is 4.84. The normalized spacial score (nSPS) is 30.3. The number of piperazine rings is 1. The molecule has 1 heterocycles. The lowest BCUT2D eigenvalue weighted by atomic mass is 10.0. The predicted octanol–water partition coefficient (Wildman–Crippen LogP) is 2.65. The van der Waals surface area contributed by atoms with Crippen molar-refractivity contribution in [3.8, 4) is 0 Å². The summed E-state index contributed by atoms with van der Waals surface area (Å²) in [6, 6.07) is 1.32. The summed E-state index contributed by atoms with van der Waals surface area (Å²) in [6.45, 7) is 11.3. The molecule has 0 spiro atoms. The Labute approximate surface area is 119 Å². The van der Waals surface area contributed by atoms with Gasteiger partial charge in [-0.3, -0.25) is 4.90 Å². The SMILES string of the molecule is CC(C)CC1CN(CCOC2CCCC2)C(C)CN1. The number of hydrogen-bond donors (Lipinski definition) is 1. The molecule has 2 fully saturated rings. The summed E-state index contributed by atoms with van der Waals surface area (Å²) in [5.41, 5.74) is 0. The molecule has 3 heteroatoms. The van der Waals surface area contributed by atoms with Crippen molar-refractivity contribution in [1.82, 2.24) is 10.2 Å². The Bertz CT molecular complexity index is 251. The molecule has 1 saturated carbocycles. The van der Waals surface area contributed by atoms with Gasteiger partial charge < -0.3 is 10.1 Å². The van der Waals surface area contributed by atoms with Gasteiger partial charge in [0.25, 0.3) is 0 Å². The van der Waals surface area contributed by atoms with E-state index in [0.29, 0.717) is 18.2 Å². The molecule has 0 aromatic heterocycles. The van der Waals surface area contributed by atoms with Gasteiger partial charge in [-0.2, -0.15) is 0 Å². The summed E-state index contributed by atoms with van der Waals surface area (Å²) in [4.78, 5) is 2.61. The average molecular weight is 268 g/mol. The van der Waals surface area contributed by atoms with Crippen molar-refractivity contribution in [1.29, 1.82) is 0 Å². The molecule has 0 aromatic carbocycles. The van der Waals surface area contributed by atoms with Crippen LogP contribution in [-0.4, -0.2) is 49.3 Å². The van der Waals surface area contributed by atoms with Crippen LogP contribution >= 0.6 is 0 Å². The summed E-state index contributed by atoms with van der Waals surface area (Å²) in [7, 11) is 0. The molecule has 2 aliphatic rings. The van der Waals surface area contributed by atoms with Crippen LogP contribution in [0, 0.1) is 5.92 Å². The Kier molecular flexibility index (Phi) is 6.11. The first-order chi connectivity index (χ1) is 9.15. The minimum atomic E-state index is 0.560. The van der Waals surface area contributed by atoms with Crippen molar-refractivity contribution < 1.29 is 4.74 Å². The molecule has 3 nitrogen and oxygen atoms in total. The third-order valence-electron chi connectivity index (χ3n) is 4.57. The molecule has 2 atom stereocenters. The van der Waals surface area contributed by atoms with E-state index >= 15 is 0 Å². The molecule has 0 aromatic rings. The monoisotopic (exact) mass is 268 g/mol. The van der Waals surface area contributed by atoms with Crippen LogP contribution in [0.2, 0.25) is 0 Å². The summed E-state index contributed by atoms with van der Waals surface area (Å²) < 4.78 is 6.01. The van der Waals surface area contributed by atoms with Gasteiger partial charge >= 0.3 is 0 Å². The Balaban J connectivity index is 1.67. The van der Waals surface area contributed by atoms with Crippen LogP contribution in [0.5, 0.6) is 0 Å². The highest BCUT2D eigenvalue weighted by atomic mass is 16.5. The molecular weight excluding hydrogens is 236 g/mol. The van der Waals surface area contributed by atoms with Crippen molar-refractivity contribution >= 4 is 0 Å². The molecule has 1 N–H and O–H groups in total. The van der Waals surface area contributed by atoms with Gasteiger partial charge in [0.2, 0.25) is 0 Å². The average Bonchev–Trinajstić information content (AvgIpc) is 2.85. The number of rotatable bonds is 6. The zero-order valence-electron chi connectivity index (χ0n) is 13.0. The molecule has 1 aliphatic carbocycles. The van der Waals surface area contributed by atoms with E-state index in [2.05, 4.69) is 31.0 Å². The maximum absolute atomic E-state index is 6.01. The number of ether oxygens (including phenoxy) is 1. The van der Waals surface area contributed by atoms with Crippen LogP contribution in [0.1, 0.15) is 52.9 Å². The molecule has 112 valence electrons. The van der Waals surface area contributed by atoms with Crippen LogP contribution in [0.4, 0.5) is 0 Å². The van der Waals surface area contributed by atoms with Crippen LogP contribution in [0.3, 0.4) is 0 Å². The number of hydrogen-bond acceptors (Lipinski definition) is 3. The van der Waals surface area contributed by atoms with Crippen LogP contribution in [0.15, 0.2) is 0 Å². The highest BCUT2D eigenvalue weighted by Gasteiger charge is 2.25. The largest absolute Gasteiger partial charge is 0.377 e. The van der Waals surface area contributed by atoms with Crippen molar-refractivity contribution in [2.45, 2.75) is 71.1 Å².